The molecule has 0 bridgehead atoms. The van der Waals surface area contributed by atoms with E-state index in [9.17, 15) is 29.1 Å². The zero-order valence-electron chi connectivity index (χ0n) is 36.2. The van der Waals surface area contributed by atoms with E-state index in [1.54, 1.807) is 26.0 Å². The number of amides is 5. The number of fused-ring (bicyclic) bond motifs is 2. The summed E-state index contributed by atoms with van der Waals surface area (Å²) in [5.41, 5.74) is 3.97. The SMILES string of the molecule is Cc1cccc(CC(=O)Nc2cc3cn(C4CCC(CN(C)C5CCC6(CC5)CC(Nc5cccc7c5C(=O)N(C5CCC(=O)NC5=O)C7=O)C6)CC4)nc3cc2C(C)(C)O)n1. The Morgan fingerprint density at radius 1 is 0.952 bits per heavy atom. The van der Waals surface area contributed by atoms with Crippen LogP contribution in [-0.2, 0) is 26.4 Å². The number of nitrogens with zero attached hydrogens (tertiary/aromatic N) is 5. The van der Waals surface area contributed by atoms with E-state index < -0.39 is 29.4 Å². The number of aliphatic hydroxyl groups is 1. The van der Waals surface area contributed by atoms with Crippen LogP contribution in [0.1, 0.15) is 135 Å². The van der Waals surface area contributed by atoms with Crippen molar-refractivity contribution in [2.24, 2.45) is 11.3 Å². The summed E-state index contributed by atoms with van der Waals surface area (Å²) in [6.07, 6.45) is 13.6. The van der Waals surface area contributed by atoms with Crippen LogP contribution in [0.2, 0.25) is 0 Å². The Morgan fingerprint density at radius 3 is 2.40 bits per heavy atom. The van der Waals surface area contributed by atoms with Gasteiger partial charge in [-0.1, -0.05) is 12.1 Å². The number of benzene rings is 2. The number of nitrogens with one attached hydrogen (secondary N) is 3. The van der Waals surface area contributed by atoms with E-state index in [0.717, 1.165) is 66.6 Å². The molecule has 1 spiro atoms. The molecule has 2 aromatic carbocycles. The lowest BCUT2D eigenvalue weighted by molar-refractivity contribution is -0.136. The molecule has 0 radical (unpaired) electrons. The van der Waals surface area contributed by atoms with Gasteiger partial charge in [-0.05, 0) is 146 Å². The molecule has 1 atom stereocenters. The third kappa shape index (κ3) is 8.26. The minimum Gasteiger partial charge on any atom is -0.386 e. The second-order valence-electron chi connectivity index (χ2n) is 19.4. The zero-order valence-corrected chi connectivity index (χ0v) is 36.2. The molecule has 1 unspecified atom stereocenters. The van der Waals surface area contributed by atoms with Crippen LogP contribution < -0.4 is 16.0 Å². The van der Waals surface area contributed by atoms with E-state index in [1.165, 1.54) is 25.7 Å². The van der Waals surface area contributed by atoms with Crippen molar-refractivity contribution < 1.29 is 29.1 Å². The van der Waals surface area contributed by atoms with Gasteiger partial charge in [0, 0.05) is 65.0 Å². The van der Waals surface area contributed by atoms with Crippen LogP contribution in [0, 0.1) is 18.3 Å². The number of anilines is 2. The van der Waals surface area contributed by atoms with Gasteiger partial charge in [0.1, 0.15) is 6.04 Å². The van der Waals surface area contributed by atoms with Crippen LogP contribution in [0.4, 0.5) is 11.4 Å². The average Bonchev–Trinajstić information content (AvgIpc) is 3.74. The number of aromatic nitrogens is 3. The summed E-state index contributed by atoms with van der Waals surface area (Å²) < 4.78 is 2.10. The number of rotatable bonds is 11. The molecule has 5 aliphatic rings. The number of carbonyl (C=O) groups is 5. The molecule has 2 aromatic heterocycles. The third-order valence-electron chi connectivity index (χ3n) is 14.4. The predicted octanol–water partition coefficient (Wildman–Crippen LogP) is 6.42. The topological polar surface area (TPSA) is 179 Å². The number of aryl methyl sites for hydroxylation is 1. The van der Waals surface area contributed by atoms with Crippen molar-refractivity contribution in [2.45, 2.75) is 134 Å². The second-order valence-corrected chi connectivity index (χ2v) is 19.4. The first-order valence-electron chi connectivity index (χ1n) is 22.4. The fourth-order valence-corrected chi connectivity index (χ4v) is 11.1. The molecule has 9 rings (SSSR count). The highest BCUT2D eigenvalue weighted by atomic mass is 16.3. The van der Waals surface area contributed by atoms with Crippen LogP contribution in [0.15, 0.2) is 54.7 Å². The number of hydrogen-bond acceptors (Lipinski definition) is 10. The van der Waals surface area contributed by atoms with Crippen molar-refractivity contribution in [3.8, 4) is 0 Å². The average molecular weight is 843 g/mol. The van der Waals surface area contributed by atoms with E-state index in [1.807, 2.05) is 43.3 Å². The molecule has 5 amide bonds. The van der Waals surface area contributed by atoms with Gasteiger partial charge in [-0.15, -0.1) is 0 Å². The molecule has 14 heteroatoms. The standard InChI is InChI=1S/C48H58N8O6/c1-28-7-5-8-31(49-28)22-42(58)51-39-21-30-27-55(53-38(30)23-36(39)47(2,3)62)34-13-11-29(12-14-34)26-54(4)33-17-19-48(20-18-33)24-32(25-48)50-37-10-6-9-35-43(37)46(61)56(45(35)60)40-15-16-41(57)52-44(40)59/h5-10,21,23,27,29,32-34,40,50,62H,11-20,22,24-26H2,1-4H3,(H,51,58)(H,52,57,59). The van der Waals surface area contributed by atoms with Gasteiger partial charge in [-0.25, -0.2) is 0 Å². The van der Waals surface area contributed by atoms with Crippen molar-refractivity contribution >= 4 is 51.8 Å². The summed E-state index contributed by atoms with van der Waals surface area (Å²) in [4.78, 5) is 72.4. The van der Waals surface area contributed by atoms with Crippen molar-refractivity contribution in [2.75, 3.05) is 24.2 Å². The second kappa shape index (κ2) is 16.3. The van der Waals surface area contributed by atoms with E-state index in [2.05, 4.69) is 43.8 Å². The largest absolute Gasteiger partial charge is 0.386 e. The minimum absolute atomic E-state index is 0.0936. The van der Waals surface area contributed by atoms with Crippen molar-refractivity contribution in [3.05, 3.63) is 82.8 Å². The lowest BCUT2D eigenvalue weighted by atomic mass is 9.57. The molecule has 326 valence electrons. The van der Waals surface area contributed by atoms with Crippen LogP contribution in [0.3, 0.4) is 0 Å². The molecular weight excluding hydrogens is 785 g/mol. The summed E-state index contributed by atoms with van der Waals surface area (Å²) >= 11 is 0. The molecular formula is C48H58N8O6. The first kappa shape index (κ1) is 41.9. The molecule has 3 aliphatic carbocycles. The molecule has 4 N–H and O–H groups in total. The van der Waals surface area contributed by atoms with E-state index in [-0.39, 0.29) is 37.1 Å². The van der Waals surface area contributed by atoms with Gasteiger partial charge in [0.05, 0.1) is 34.7 Å². The summed E-state index contributed by atoms with van der Waals surface area (Å²) in [7, 11) is 2.29. The highest BCUT2D eigenvalue weighted by Crippen LogP contribution is 2.53. The third-order valence-corrected chi connectivity index (χ3v) is 14.4. The minimum atomic E-state index is -1.18. The summed E-state index contributed by atoms with van der Waals surface area (Å²) in [5, 5.41) is 25.9. The lowest BCUT2D eigenvalue weighted by Crippen LogP contribution is -2.54. The molecule has 62 heavy (non-hydrogen) atoms. The van der Waals surface area contributed by atoms with Crippen molar-refractivity contribution in [1.82, 2.24) is 29.9 Å². The molecule has 4 aromatic rings. The Labute approximate surface area is 362 Å². The summed E-state index contributed by atoms with van der Waals surface area (Å²) in [6, 6.07) is 14.9. The lowest BCUT2D eigenvalue weighted by Gasteiger charge is -2.53. The Hall–Kier alpha value is -5.47. The molecule has 4 fully saturated rings. The Balaban J connectivity index is 0.749. The van der Waals surface area contributed by atoms with Gasteiger partial charge in [0.15, 0.2) is 0 Å². The highest BCUT2D eigenvalue weighted by molar-refractivity contribution is 6.25. The molecule has 4 heterocycles. The Kier molecular flexibility index (Phi) is 11.0. The van der Waals surface area contributed by atoms with Crippen LogP contribution in [0.25, 0.3) is 10.9 Å². The first-order valence-corrected chi connectivity index (χ1v) is 22.4. The van der Waals surface area contributed by atoms with Gasteiger partial charge in [-0.3, -0.25) is 43.9 Å². The maximum absolute atomic E-state index is 13.6. The number of imide groups is 2. The van der Waals surface area contributed by atoms with Crippen LogP contribution in [0.5, 0.6) is 0 Å². The van der Waals surface area contributed by atoms with Crippen molar-refractivity contribution in [1.29, 1.82) is 0 Å². The normalized spacial score (nSPS) is 26.5. The monoisotopic (exact) mass is 842 g/mol. The quantitative estimate of drug-likeness (QED) is 0.123. The van der Waals surface area contributed by atoms with Gasteiger partial charge in [-0.2, -0.15) is 5.10 Å². The molecule has 14 nitrogen and oxygen atoms in total. The predicted molar refractivity (Wildman–Crippen MR) is 234 cm³/mol. The molecule has 2 aliphatic heterocycles. The van der Waals surface area contributed by atoms with Gasteiger partial charge in [0.25, 0.3) is 11.8 Å². The number of carbonyl (C=O) groups excluding carboxylic acids is 5. The highest BCUT2D eigenvalue weighted by Gasteiger charge is 2.49. The van der Waals surface area contributed by atoms with Crippen LogP contribution >= 0.6 is 0 Å². The number of hydrogen-bond donors (Lipinski definition) is 4. The Bertz CT molecular complexity index is 2430. The Morgan fingerprint density at radius 2 is 1.69 bits per heavy atom. The fraction of sp³-hybridized carbons (Fsp3) is 0.521. The molecule has 3 saturated carbocycles. The zero-order chi connectivity index (χ0) is 43.5. The van der Waals surface area contributed by atoms with E-state index in [4.69, 9.17) is 5.10 Å². The first-order chi connectivity index (χ1) is 29.6. The maximum Gasteiger partial charge on any atom is 0.264 e. The maximum atomic E-state index is 13.6. The van der Waals surface area contributed by atoms with Gasteiger partial charge in [0.2, 0.25) is 17.7 Å². The number of piperidine rings is 1. The van der Waals surface area contributed by atoms with Crippen molar-refractivity contribution in [3.63, 3.8) is 0 Å². The smallest absolute Gasteiger partial charge is 0.264 e. The number of pyridine rings is 1. The van der Waals surface area contributed by atoms with Crippen LogP contribution in [-0.4, -0.2) is 90.9 Å². The summed E-state index contributed by atoms with van der Waals surface area (Å²) in [6.45, 7) is 6.45. The molecule has 1 saturated heterocycles. The van der Waals surface area contributed by atoms with E-state index >= 15 is 0 Å². The summed E-state index contributed by atoms with van der Waals surface area (Å²) in [5.74, 6) is -1.50. The fourth-order valence-electron chi connectivity index (χ4n) is 11.1. The van der Waals surface area contributed by atoms with Gasteiger partial charge >= 0.3 is 0 Å². The van der Waals surface area contributed by atoms with Gasteiger partial charge < -0.3 is 20.6 Å². The van der Waals surface area contributed by atoms with E-state index in [0.29, 0.717) is 57.2 Å².